The van der Waals surface area contributed by atoms with Crippen molar-refractivity contribution >= 4 is 15.9 Å². The van der Waals surface area contributed by atoms with Crippen LogP contribution in [-0.2, 0) is 6.42 Å². The molecule has 1 unspecified atom stereocenters. The third kappa shape index (κ3) is 3.49. The van der Waals surface area contributed by atoms with E-state index in [0.29, 0.717) is 10.5 Å². The predicted octanol–water partition coefficient (Wildman–Crippen LogP) is 3.98. The van der Waals surface area contributed by atoms with E-state index in [9.17, 15) is 4.39 Å². The number of likely N-dealkylation sites (N-methyl/N-ethyl adjacent to an activating group) is 2. The molecule has 0 aliphatic heterocycles. The molecule has 1 fully saturated rings. The van der Waals surface area contributed by atoms with Crippen LogP contribution in [0.25, 0.3) is 0 Å². The summed E-state index contributed by atoms with van der Waals surface area (Å²) in [6.45, 7) is 0. The molecular weight excluding hydrogens is 331 g/mol. The molecule has 0 spiro atoms. The summed E-state index contributed by atoms with van der Waals surface area (Å²) in [5, 5.41) is 3.50. The van der Waals surface area contributed by atoms with Crippen LogP contribution in [0, 0.1) is 5.82 Å². The molecule has 0 amide bonds. The molecule has 1 N–H and O–H groups in total. The highest BCUT2D eigenvalue weighted by atomic mass is 79.9. The van der Waals surface area contributed by atoms with Gasteiger partial charge in [-0.25, -0.2) is 4.39 Å². The predicted molar refractivity (Wildman–Crippen MR) is 90.2 cm³/mol. The van der Waals surface area contributed by atoms with Gasteiger partial charge in [-0.1, -0.05) is 31.4 Å². The van der Waals surface area contributed by atoms with Gasteiger partial charge in [-0.05, 0) is 68.0 Å². The Morgan fingerprint density at radius 2 is 1.95 bits per heavy atom. The Balaban J connectivity index is 2.27. The molecule has 0 saturated heterocycles. The first-order valence-corrected chi connectivity index (χ1v) is 8.58. The van der Waals surface area contributed by atoms with Gasteiger partial charge < -0.3 is 10.2 Å². The minimum Gasteiger partial charge on any atom is -0.315 e. The summed E-state index contributed by atoms with van der Waals surface area (Å²) in [7, 11) is 6.38. The zero-order valence-electron chi connectivity index (χ0n) is 13.3. The number of hydrogen-bond donors (Lipinski definition) is 1. The van der Waals surface area contributed by atoms with E-state index in [1.807, 2.05) is 13.1 Å². The van der Waals surface area contributed by atoms with Crippen LogP contribution in [-0.4, -0.2) is 37.6 Å². The van der Waals surface area contributed by atoms with Crippen molar-refractivity contribution in [3.05, 3.63) is 34.1 Å². The van der Waals surface area contributed by atoms with Gasteiger partial charge in [-0.2, -0.15) is 0 Å². The third-order valence-corrected chi connectivity index (χ3v) is 5.95. The highest BCUT2D eigenvalue weighted by Gasteiger charge is 2.41. The van der Waals surface area contributed by atoms with Crippen molar-refractivity contribution in [2.45, 2.75) is 50.1 Å². The molecule has 0 bridgehead atoms. The Bertz CT molecular complexity index is 470. The van der Waals surface area contributed by atoms with Crippen LogP contribution in [0.2, 0.25) is 0 Å². The third-order valence-electron chi connectivity index (χ3n) is 5.06. The second-order valence-electron chi connectivity index (χ2n) is 6.32. The molecule has 0 heterocycles. The SMILES string of the molecule is CNC(Cc1cccc(F)c1Br)C1(N(C)C)CCCCC1. The van der Waals surface area contributed by atoms with Crippen molar-refractivity contribution in [1.29, 1.82) is 0 Å². The van der Waals surface area contributed by atoms with E-state index in [-0.39, 0.29) is 11.4 Å². The Morgan fingerprint density at radius 1 is 1.29 bits per heavy atom. The lowest BCUT2D eigenvalue weighted by Gasteiger charge is -2.48. The number of nitrogens with one attached hydrogen (secondary N) is 1. The fourth-order valence-corrected chi connectivity index (χ4v) is 4.18. The highest BCUT2D eigenvalue weighted by Crippen LogP contribution is 2.37. The van der Waals surface area contributed by atoms with Gasteiger partial charge in [0, 0.05) is 11.6 Å². The summed E-state index contributed by atoms with van der Waals surface area (Å²) in [6.07, 6.45) is 7.14. The maximum atomic E-state index is 13.8. The summed E-state index contributed by atoms with van der Waals surface area (Å²) in [5.74, 6) is -0.176. The molecular formula is C17H26BrFN2. The Kier molecular flexibility index (Phi) is 5.81. The fourth-order valence-electron chi connectivity index (χ4n) is 3.76. The summed E-state index contributed by atoms with van der Waals surface area (Å²) < 4.78 is 14.4. The highest BCUT2D eigenvalue weighted by molar-refractivity contribution is 9.10. The first-order chi connectivity index (χ1) is 10.0. The Hall–Kier alpha value is -0.450. The zero-order chi connectivity index (χ0) is 15.5. The molecule has 1 atom stereocenters. The Morgan fingerprint density at radius 3 is 2.52 bits per heavy atom. The molecule has 1 aliphatic carbocycles. The first-order valence-electron chi connectivity index (χ1n) is 7.79. The standard InChI is InChI=1S/C17H26BrFN2/c1-20-15(12-13-8-7-9-14(19)16(13)18)17(21(2)3)10-5-4-6-11-17/h7-9,15,20H,4-6,10-12H2,1-3H3. The van der Waals surface area contributed by atoms with Crippen molar-refractivity contribution in [1.82, 2.24) is 10.2 Å². The topological polar surface area (TPSA) is 15.3 Å². The van der Waals surface area contributed by atoms with Crippen molar-refractivity contribution in [3.8, 4) is 0 Å². The van der Waals surface area contributed by atoms with Crippen LogP contribution in [0.5, 0.6) is 0 Å². The number of benzene rings is 1. The largest absolute Gasteiger partial charge is 0.315 e. The van der Waals surface area contributed by atoms with E-state index in [0.717, 1.165) is 12.0 Å². The molecule has 0 aromatic heterocycles. The zero-order valence-corrected chi connectivity index (χ0v) is 14.8. The lowest BCUT2D eigenvalue weighted by atomic mass is 9.73. The normalized spacial score (nSPS) is 19.7. The molecule has 21 heavy (non-hydrogen) atoms. The van der Waals surface area contributed by atoms with Gasteiger partial charge in [0.2, 0.25) is 0 Å². The summed E-state index contributed by atoms with van der Waals surface area (Å²) in [5.41, 5.74) is 1.21. The van der Waals surface area contributed by atoms with Crippen molar-refractivity contribution < 1.29 is 4.39 Å². The van der Waals surface area contributed by atoms with Crippen molar-refractivity contribution in [3.63, 3.8) is 0 Å². The summed E-state index contributed by atoms with van der Waals surface area (Å²) >= 11 is 3.40. The molecule has 1 aliphatic rings. The smallest absolute Gasteiger partial charge is 0.137 e. The maximum absolute atomic E-state index is 13.8. The van der Waals surface area contributed by atoms with Crippen LogP contribution in [0.3, 0.4) is 0 Å². The molecule has 2 rings (SSSR count). The molecule has 1 saturated carbocycles. The van der Waals surface area contributed by atoms with Crippen LogP contribution >= 0.6 is 15.9 Å². The van der Waals surface area contributed by atoms with Gasteiger partial charge in [0.15, 0.2) is 0 Å². The number of halogens is 2. The molecule has 2 nitrogen and oxygen atoms in total. The lowest BCUT2D eigenvalue weighted by Crippen LogP contribution is -2.60. The maximum Gasteiger partial charge on any atom is 0.137 e. The average molecular weight is 357 g/mol. The second kappa shape index (κ2) is 7.21. The van der Waals surface area contributed by atoms with E-state index in [1.54, 1.807) is 6.07 Å². The van der Waals surface area contributed by atoms with Gasteiger partial charge in [0.25, 0.3) is 0 Å². The van der Waals surface area contributed by atoms with E-state index in [4.69, 9.17) is 0 Å². The van der Waals surface area contributed by atoms with Crippen LogP contribution in [0.15, 0.2) is 22.7 Å². The van der Waals surface area contributed by atoms with Gasteiger partial charge >= 0.3 is 0 Å². The second-order valence-corrected chi connectivity index (χ2v) is 7.11. The minimum atomic E-state index is -0.176. The first kappa shape index (κ1) is 16.9. The number of rotatable bonds is 5. The van der Waals surface area contributed by atoms with Gasteiger partial charge in [0.05, 0.1) is 4.47 Å². The molecule has 1 aromatic rings. The van der Waals surface area contributed by atoms with Crippen molar-refractivity contribution in [2.75, 3.05) is 21.1 Å². The quantitative estimate of drug-likeness (QED) is 0.858. The number of nitrogens with zero attached hydrogens (tertiary/aromatic N) is 1. The molecule has 0 radical (unpaired) electrons. The molecule has 1 aromatic carbocycles. The fraction of sp³-hybridized carbons (Fsp3) is 0.647. The van der Waals surface area contributed by atoms with Gasteiger partial charge in [-0.3, -0.25) is 0 Å². The lowest BCUT2D eigenvalue weighted by molar-refractivity contribution is 0.0597. The van der Waals surface area contributed by atoms with E-state index in [1.165, 1.54) is 38.2 Å². The van der Waals surface area contributed by atoms with E-state index >= 15 is 0 Å². The van der Waals surface area contributed by atoms with Crippen LogP contribution < -0.4 is 5.32 Å². The average Bonchev–Trinajstić information content (AvgIpc) is 2.49. The van der Waals surface area contributed by atoms with Crippen LogP contribution in [0.4, 0.5) is 4.39 Å². The minimum absolute atomic E-state index is 0.165. The van der Waals surface area contributed by atoms with Crippen molar-refractivity contribution in [2.24, 2.45) is 0 Å². The molecule has 4 heteroatoms. The van der Waals surface area contributed by atoms with Gasteiger partial charge in [-0.15, -0.1) is 0 Å². The summed E-state index contributed by atoms with van der Waals surface area (Å²) in [4.78, 5) is 2.38. The number of hydrogen-bond acceptors (Lipinski definition) is 2. The monoisotopic (exact) mass is 356 g/mol. The van der Waals surface area contributed by atoms with E-state index in [2.05, 4.69) is 40.2 Å². The van der Waals surface area contributed by atoms with E-state index < -0.39 is 0 Å². The van der Waals surface area contributed by atoms with Gasteiger partial charge in [0.1, 0.15) is 5.82 Å². The Labute approximate surface area is 136 Å². The molecule has 118 valence electrons. The van der Waals surface area contributed by atoms with Crippen LogP contribution in [0.1, 0.15) is 37.7 Å². The summed E-state index contributed by atoms with van der Waals surface area (Å²) in [6, 6.07) is 5.64.